The normalized spacial score (nSPS) is 12.7. The molecule has 1 aromatic rings. The van der Waals surface area contributed by atoms with Gasteiger partial charge in [0, 0.05) is 11.6 Å². The lowest BCUT2D eigenvalue weighted by Crippen LogP contribution is -1.87. The summed E-state index contributed by atoms with van der Waals surface area (Å²) >= 11 is 10.0. The second-order valence-electron chi connectivity index (χ2n) is 3.69. The lowest BCUT2D eigenvalue weighted by molar-refractivity contribution is 0.595. The Morgan fingerprint density at radius 1 is 1.21 bits per heavy atom. The SMILES string of the molecule is CSP(=O)(N=C(C)SCc1ccc(CCl)cc1)SC. The second kappa shape index (κ2) is 8.68. The molecule has 1 aromatic carbocycles. The number of thioether (sulfide) groups is 1. The molecule has 0 aliphatic heterocycles. The molecule has 0 spiro atoms. The van der Waals surface area contributed by atoms with Crippen LogP contribution in [0.4, 0.5) is 0 Å². The van der Waals surface area contributed by atoms with Gasteiger partial charge in [-0.05, 0) is 30.6 Å². The summed E-state index contributed by atoms with van der Waals surface area (Å²) in [6.45, 7) is 1.91. The Balaban J connectivity index is 2.60. The maximum Gasteiger partial charge on any atom is 0.298 e. The molecule has 0 atom stereocenters. The fraction of sp³-hybridized carbons (Fsp3) is 0.417. The van der Waals surface area contributed by atoms with Gasteiger partial charge in [0.1, 0.15) is 0 Å². The van der Waals surface area contributed by atoms with E-state index in [0.717, 1.165) is 16.4 Å². The summed E-state index contributed by atoms with van der Waals surface area (Å²) in [6, 6.07) is 8.20. The van der Waals surface area contributed by atoms with Gasteiger partial charge in [0.15, 0.2) is 0 Å². The topological polar surface area (TPSA) is 29.4 Å². The van der Waals surface area contributed by atoms with Crippen LogP contribution < -0.4 is 0 Å². The molecule has 0 aromatic heterocycles. The van der Waals surface area contributed by atoms with Crippen molar-refractivity contribution in [2.45, 2.75) is 18.6 Å². The van der Waals surface area contributed by atoms with Crippen LogP contribution in [0.2, 0.25) is 0 Å². The van der Waals surface area contributed by atoms with Crippen molar-refractivity contribution in [2.75, 3.05) is 12.5 Å². The molecule has 2 nitrogen and oxygen atoms in total. The van der Waals surface area contributed by atoms with E-state index < -0.39 is 5.70 Å². The maximum atomic E-state index is 12.2. The zero-order valence-corrected chi connectivity index (χ0v) is 15.2. The van der Waals surface area contributed by atoms with Crippen LogP contribution in [-0.4, -0.2) is 17.6 Å². The van der Waals surface area contributed by atoms with Crippen molar-refractivity contribution >= 4 is 56.9 Å². The summed E-state index contributed by atoms with van der Waals surface area (Å²) in [7, 11) is 0. The summed E-state index contributed by atoms with van der Waals surface area (Å²) in [5.41, 5.74) is -0.149. The first-order valence-electron chi connectivity index (χ1n) is 5.58. The van der Waals surface area contributed by atoms with E-state index in [1.807, 2.05) is 31.6 Å². The van der Waals surface area contributed by atoms with Gasteiger partial charge in [-0.15, -0.1) is 23.4 Å². The van der Waals surface area contributed by atoms with Crippen LogP contribution in [-0.2, 0) is 16.2 Å². The molecule has 0 amide bonds. The number of nitrogens with zero attached hydrogens (tertiary/aromatic N) is 1. The molecule has 0 saturated carbocycles. The van der Waals surface area contributed by atoms with Gasteiger partial charge in [0.25, 0.3) is 5.70 Å². The van der Waals surface area contributed by atoms with Crippen LogP contribution in [0.5, 0.6) is 0 Å². The molecule has 0 bridgehead atoms. The van der Waals surface area contributed by atoms with E-state index in [0.29, 0.717) is 5.88 Å². The van der Waals surface area contributed by atoms with Gasteiger partial charge in [-0.25, -0.2) is 4.76 Å². The summed E-state index contributed by atoms with van der Waals surface area (Å²) < 4.78 is 16.5. The number of hydrogen-bond donors (Lipinski definition) is 0. The molecule has 1 rings (SSSR count). The van der Waals surface area contributed by atoms with Crippen LogP contribution in [0, 0.1) is 0 Å². The van der Waals surface area contributed by atoms with Crippen molar-refractivity contribution in [3.8, 4) is 0 Å². The van der Waals surface area contributed by atoms with Crippen LogP contribution in [0.3, 0.4) is 0 Å². The molecule has 0 fully saturated rings. The summed E-state index contributed by atoms with van der Waals surface area (Å²) in [5.74, 6) is 1.37. The predicted octanol–water partition coefficient (Wildman–Crippen LogP) is 5.91. The molecule has 0 aliphatic rings. The minimum absolute atomic E-state index is 0.540. The van der Waals surface area contributed by atoms with E-state index in [9.17, 15) is 4.57 Å². The largest absolute Gasteiger partial charge is 0.298 e. The zero-order chi connectivity index (χ0) is 14.3. The molecule has 0 radical (unpaired) electrons. The third-order valence-corrected chi connectivity index (χ3v) is 11.2. The van der Waals surface area contributed by atoms with Crippen LogP contribution in [0.1, 0.15) is 18.1 Å². The monoisotopic (exact) mass is 353 g/mol. The Labute approximate surface area is 132 Å². The maximum absolute atomic E-state index is 12.2. The first-order valence-corrected chi connectivity index (χ1v) is 12.4. The molecular weight excluding hydrogens is 337 g/mol. The second-order valence-corrected chi connectivity index (χ2v) is 12.8. The minimum Gasteiger partial charge on any atom is -0.274 e. The van der Waals surface area contributed by atoms with Crippen molar-refractivity contribution in [2.24, 2.45) is 4.76 Å². The highest BCUT2D eigenvalue weighted by Crippen LogP contribution is 2.68. The van der Waals surface area contributed by atoms with Crippen LogP contribution >= 0.6 is 51.8 Å². The Bertz CT molecular complexity index is 470. The van der Waals surface area contributed by atoms with E-state index in [2.05, 4.69) is 16.9 Å². The summed E-state index contributed by atoms with van der Waals surface area (Å²) in [4.78, 5) is 0. The van der Waals surface area contributed by atoms with Crippen molar-refractivity contribution < 1.29 is 4.57 Å². The van der Waals surface area contributed by atoms with Gasteiger partial charge in [0.2, 0.25) is 0 Å². The number of alkyl halides is 1. The third-order valence-electron chi connectivity index (χ3n) is 2.35. The zero-order valence-electron chi connectivity index (χ0n) is 11.1. The molecule has 7 heteroatoms. The fourth-order valence-corrected chi connectivity index (χ4v) is 6.57. The lowest BCUT2D eigenvalue weighted by Gasteiger charge is -2.08. The highest BCUT2D eigenvalue weighted by Gasteiger charge is 2.17. The Hall–Kier alpha value is 0.460. The van der Waals surface area contributed by atoms with Crippen molar-refractivity contribution in [3.63, 3.8) is 0 Å². The van der Waals surface area contributed by atoms with Gasteiger partial charge in [-0.2, -0.15) is 0 Å². The Morgan fingerprint density at radius 2 is 1.74 bits per heavy atom. The molecule has 0 unspecified atom stereocenters. The van der Waals surface area contributed by atoms with Crippen molar-refractivity contribution in [3.05, 3.63) is 35.4 Å². The van der Waals surface area contributed by atoms with E-state index in [1.54, 1.807) is 11.8 Å². The van der Waals surface area contributed by atoms with Crippen LogP contribution in [0.15, 0.2) is 29.0 Å². The molecule has 0 aliphatic carbocycles. The molecule has 0 saturated heterocycles. The molecule has 0 N–H and O–H groups in total. The Kier molecular flexibility index (Phi) is 8.00. The standard InChI is InChI=1S/C12H17ClNOPS3/c1-10(14-16(15,17-2)18-3)19-9-12-6-4-11(8-13)5-7-12/h4-7H,8-9H2,1-3H3. The van der Waals surface area contributed by atoms with Gasteiger partial charge >= 0.3 is 0 Å². The average Bonchev–Trinajstić information content (AvgIpc) is 2.45. The summed E-state index contributed by atoms with van der Waals surface area (Å²) in [5, 5.41) is 0.869. The average molecular weight is 354 g/mol. The lowest BCUT2D eigenvalue weighted by atomic mass is 10.2. The number of benzene rings is 1. The van der Waals surface area contributed by atoms with Crippen molar-refractivity contribution in [1.82, 2.24) is 0 Å². The van der Waals surface area contributed by atoms with Gasteiger partial charge in [-0.3, -0.25) is 4.57 Å². The quantitative estimate of drug-likeness (QED) is 0.275. The Morgan fingerprint density at radius 3 is 2.21 bits per heavy atom. The predicted molar refractivity (Wildman–Crippen MR) is 95.0 cm³/mol. The van der Waals surface area contributed by atoms with E-state index in [1.165, 1.54) is 28.3 Å². The van der Waals surface area contributed by atoms with E-state index in [4.69, 9.17) is 11.6 Å². The summed E-state index contributed by atoms with van der Waals surface area (Å²) in [6.07, 6.45) is 3.67. The van der Waals surface area contributed by atoms with Crippen molar-refractivity contribution in [1.29, 1.82) is 0 Å². The highest BCUT2D eigenvalue weighted by molar-refractivity contribution is 8.90. The van der Waals surface area contributed by atoms with E-state index in [-0.39, 0.29) is 0 Å². The van der Waals surface area contributed by atoms with Crippen LogP contribution in [0.25, 0.3) is 0 Å². The number of halogens is 1. The molecular formula is C12H17ClNOPS3. The number of rotatable bonds is 6. The first-order chi connectivity index (χ1) is 9.03. The van der Waals surface area contributed by atoms with E-state index >= 15 is 0 Å². The number of hydrogen-bond acceptors (Lipinski definition) is 4. The fourth-order valence-electron chi connectivity index (χ4n) is 1.27. The van der Waals surface area contributed by atoms with Gasteiger partial charge in [-0.1, -0.05) is 47.0 Å². The molecule has 106 valence electrons. The molecule has 0 heterocycles. The first kappa shape index (κ1) is 17.5. The smallest absolute Gasteiger partial charge is 0.274 e. The third kappa shape index (κ3) is 6.17. The van der Waals surface area contributed by atoms with Gasteiger partial charge < -0.3 is 0 Å². The highest BCUT2D eigenvalue weighted by atomic mass is 35.5. The minimum atomic E-state index is -2.49. The molecule has 19 heavy (non-hydrogen) atoms. The van der Waals surface area contributed by atoms with Gasteiger partial charge in [0.05, 0.1) is 5.04 Å².